The number of fused-ring (bicyclic) bond motifs is 12. The van der Waals surface area contributed by atoms with Gasteiger partial charge >= 0.3 is 0 Å². The first kappa shape index (κ1) is 31.0. The first-order valence-corrected chi connectivity index (χ1v) is 24.0. The van der Waals surface area contributed by atoms with E-state index < -0.39 is 0 Å². The van der Waals surface area contributed by atoms with Crippen LogP contribution in [0.25, 0.3) is 49.2 Å². The van der Waals surface area contributed by atoms with E-state index in [4.69, 9.17) is 0 Å². The van der Waals surface area contributed by atoms with Crippen LogP contribution in [-0.2, 0) is 21.7 Å². The second-order valence-corrected chi connectivity index (χ2v) is 22.9. The van der Waals surface area contributed by atoms with Gasteiger partial charge in [0.15, 0.2) is 11.6 Å². The number of benzene rings is 4. The maximum Gasteiger partial charge on any atom is 0.166 e. The van der Waals surface area contributed by atoms with Crippen LogP contribution >= 0.6 is 0 Å². The third-order valence-electron chi connectivity index (χ3n) is 21.7. The molecule has 7 fully saturated rings. The van der Waals surface area contributed by atoms with E-state index >= 15 is 0 Å². The molecule has 0 radical (unpaired) electrons. The Morgan fingerprint density at radius 1 is 0.500 bits per heavy atom. The molecule has 3 nitrogen and oxygen atoms in total. The maximum atomic E-state index is 14.6. The van der Waals surface area contributed by atoms with Gasteiger partial charge in [-0.25, -0.2) is 0 Å². The first-order chi connectivity index (χ1) is 28.4. The highest BCUT2D eigenvalue weighted by Crippen LogP contribution is 2.84. The van der Waals surface area contributed by atoms with Crippen molar-refractivity contribution in [3.05, 3.63) is 87.0 Å². The Morgan fingerprint density at radius 3 is 1.60 bits per heavy atom. The molecular weight excluding hydrogens is 707 g/mol. The largest absolute Gasteiger partial charge is 0.308 e. The molecule has 3 heteroatoms. The van der Waals surface area contributed by atoms with E-state index in [1.165, 1.54) is 115 Å². The fourth-order valence-electron chi connectivity index (χ4n) is 19.9. The molecule has 0 aliphatic heterocycles. The molecule has 2 aromatic heterocycles. The second-order valence-electron chi connectivity index (χ2n) is 22.9. The third kappa shape index (κ3) is 2.85. The van der Waals surface area contributed by atoms with E-state index in [0.29, 0.717) is 28.8 Å². The van der Waals surface area contributed by atoms with Crippen molar-refractivity contribution in [1.82, 2.24) is 4.40 Å². The van der Waals surface area contributed by atoms with Gasteiger partial charge in [-0.05, 0) is 202 Å². The van der Waals surface area contributed by atoms with Crippen LogP contribution in [0, 0.1) is 17.3 Å². The Morgan fingerprint density at radius 2 is 1.00 bits per heavy atom. The summed E-state index contributed by atoms with van der Waals surface area (Å²) in [4.78, 5) is 29.1. The van der Waals surface area contributed by atoms with Crippen molar-refractivity contribution >= 4 is 49.7 Å². The minimum Gasteiger partial charge on any atom is -0.308 e. The Kier molecular flexibility index (Phi) is 4.90. The first-order valence-electron chi connectivity index (χ1n) is 24.0. The van der Waals surface area contributed by atoms with Crippen LogP contribution in [0.1, 0.15) is 194 Å². The van der Waals surface area contributed by atoms with Crippen LogP contribution in [0.2, 0.25) is 0 Å². The van der Waals surface area contributed by atoms with E-state index in [1.54, 1.807) is 44.2 Å². The van der Waals surface area contributed by atoms with E-state index in [0.717, 1.165) is 62.5 Å². The molecule has 3 spiro atoms. The van der Waals surface area contributed by atoms with Crippen LogP contribution < -0.4 is 0 Å². The van der Waals surface area contributed by atoms with Crippen LogP contribution in [0.4, 0.5) is 0 Å². The molecule has 0 amide bonds. The number of carbonyl (C=O) groups excluding carboxylic acids is 2. The van der Waals surface area contributed by atoms with Crippen molar-refractivity contribution in [2.24, 2.45) is 17.3 Å². The van der Waals surface area contributed by atoms with E-state index in [9.17, 15) is 9.59 Å². The maximum absolute atomic E-state index is 14.6. The molecule has 58 heavy (non-hydrogen) atoms. The van der Waals surface area contributed by atoms with Crippen molar-refractivity contribution in [3.8, 4) is 11.1 Å². The molecule has 13 aliphatic rings. The second kappa shape index (κ2) is 9.18. The molecule has 6 aromatic rings. The zero-order valence-electron chi connectivity index (χ0n) is 33.8. The summed E-state index contributed by atoms with van der Waals surface area (Å²) < 4.78 is 2.70. The number of rotatable bonds is 0. The van der Waals surface area contributed by atoms with Gasteiger partial charge in [-0.2, -0.15) is 0 Å². The molecule has 3 atom stereocenters. The number of nitrogens with zero attached hydrogens (tertiary/aromatic N) is 1. The lowest BCUT2D eigenvalue weighted by Crippen LogP contribution is -2.51. The Bertz CT molecular complexity index is 3060. The number of hydrogen-bond donors (Lipinski definition) is 0. The molecule has 288 valence electrons. The molecular formula is C55H51NO2. The number of Topliss-reactive ketones (excluding diaryl/α,β-unsaturated/α-hetero) is 2. The summed E-state index contributed by atoms with van der Waals surface area (Å²) in [6, 6.07) is 17.9. The van der Waals surface area contributed by atoms with Gasteiger partial charge < -0.3 is 4.40 Å². The van der Waals surface area contributed by atoms with Crippen molar-refractivity contribution < 1.29 is 9.59 Å². The normalized spacial score (nSPS) is 40.1. The topological polar surface area (TPSA) is 38.5 Å². The quantitative estimate of drug-likeness (QED) is 0.155. The number of hydrogen-bond acceptors (Lipinski definition) is 2. The highest BCUT2D eigenvalue weighted by Gasteiger charge is 2.76. The molecule has 0 N–H and O–H groups in total. The van der Waals surface area contributed by atoms with Gasteiger partial charge in [0.2, 0.25) is 0 Å². The van der Waals surface area contributed by atoms with Crippen LogP contribution in [-0.4, -0.2) is 16.0 Å². The smallest absolute Gasteiger partial charge is 0.166 e. The summed E-state index contributed by atoms with van der Waals surface area (Å²) in [7, 11) is 0. The van der Waals surface area contributed by atoms with Gasteiger partial charge in [0.05, 0.1) is 16.6 Å². The highest BCUT2D eigenvalue weighted by atomic mass is 16.1. The van der Waals surface area contributed by atoms with E-state index in [1.807, 2.05) is 0 Å². The standard InChI is InChI=1S/C55H51NO2/c57-49-30-10-6-28(7-11-30)32-22-36-40(24-34(32)49)56-41-25-35-33(29-8-12-31(13-9-29)50(35)58)23-37(41)43-47-45-44-38(52-14-2-16-53(52,17-3-15-52)46(45)42(36)48(43)56)4-1-5-39(44)54-20-18-51(26-54)19-21-55(47,54)27-51/h1,4-5,22-25,28-31H,2-3,6-21,26-27H2. The SMILES string of the molecule is O=C1c2cc3c(cc2C2CCC1CC2)c1c2c4c(c5c6cc7c(cc6n3c15)C(=O)C1CCC7CC1)C13CCC5(CCC1(C5)c1cccc(c1-4)C14CCCC21CCC4)C3. The van der Waals surface area contributed by atoms with Gasteiger partial charge in [0.25, 0.3) is 0 Å². The third-order valence-corrected chi connectivity index (χ3v) is 21.7. The Labute approximate surface area is 339 Å². The minimum absolute atomic E-state index is 0.150. The minimum atomic E-state index is 0.150. The van der Waals surface area contributed by atoms with Gasteiger partial charge in [-0.15, -0.1) is 0 Å². The van der Waals surface area contributed by atoms with Crippen molar-refractivity contribution in [1.29, 1.82) is 0 Å². The molecule has 7 bridgehead atoms. The van der Waals surface area contributed by atoms with Gasteiger partial charge in [-0.1, -0.05) is 31.0 Å². The lowest BCUT2D eigenvalue weighted by atomic mass is 9.45. The molecule has 13 aliphatic carbocycles. The lowest BCUT2D eigenvalue weighted by Gasteiger charge is -2.57. The monoisotopic (exact) mass is 757 g/mol. The highest BCUT2D eigenvalue weighted by molar-refractivity contribution is 6.29. The summed E-state index contributed by atoms with van der Waals surface area (Å²) in [5.74, 6) is 2.13. The van der Waals surface area contributed by atoms with Gasteiger partial charge in [-0.3, -0.25) is 9.59 Å². The summed E-state index contributed by atoms with van der Waals surface area (Å²) >= 11 is 0. The van der Waals surface area contributed by atoms with Crippen LogP contribution in [0.3, 0.4) is 0 Å². The Hall–Kier alpha value is -3.98. The predicted octanol–water partition coefficient (Wildman–Crippen LogP) is 13.2. The van der Waals surface area contributed by atoms with Crippen LogP contribution in [0.15, 0.2) is 42.5 Å². The van der Waals surface area contributed by atoms with Crippen molar-refractivity contribution in [2.45, 2.75) is 162 Å². The Balaban J connectivity index is 1.16. The van der Waals surface area contributed by atoms with Crippen LogP contribution in [0.5, 0.6) is 0 Å². The molecule has 3 unspecified atom stereocenters. The number of carbonyl (C=O) groups is 2. The summed E-state index contributed by atoms with van der Waals surface area (Å²) in [6.45, 7) is 0. The summed E-state index contributed by atoms with van der Waals surface area (Å²) in [6.07, 6.45) is 24.9. The zero-order chi connectivity index (χ0) is 37.4. The number of ketones is 2. The van der Waals surface area contributed by atoms with E-state index in [-0.39, 0.29) is 33.5 Å². The lowest BCUT2D eigenvalue weighted by molar-refractivity contribution is 0.0891. The fourth-order valence-corrected chi connectivity index (χ4v) is 19.9. The predicted molar refractivity (Wildman–Crippen MR) is 229 cm³/mol. The van der Waals surface area contributed by atoms with Gasteiger partial charge in [0.1, 0.15) is 0 Å². The molecule has 19 rings (SSSR count). The average molecular weight is 758 g/mol. The zero-order valence-corrected chi connectivity index (χ0v) is 33.8. The van der Waals surface area contributed by atoms with Crippen molar-refractivity contribution in [2.75, 3.05) is 0 Å². The molecule has 4 aromatic carbocycles. The summed E-state index contributed by atoms with van der Waals surface area (Å²) in [5, 5.41) is 5.99. The molecule has 2 heterocycles. The fraction of sp³-hybridized carbons (Fsp3) is 0.527. The molecule has 7 saturated carbocycles. The number of aromatic nitrogens is 1. The average Bonchev–Trinajstić information content (AvgIpc) is 4.10. The summed E-state index contributed by atoms with van der Waals surface area (Å²) in [5.41, 5.74) is 20.5. The van der Waals surface area contributed by atoms with Crippen molar-refractivity contribution in [3.63, 3.8) is 0 Å². The van der Waals surface area contributed by atoms with E-state index in [2.05, 4.69) is 46.9 Å². The van der Waals surface area contributed by atoms with Gasteiger partial charge in [0, 0.05) is 66.2 Å². The molecule has 0 saturated heterocycles.